The maximum Gasteiger partial charge on any atom is 0.231 e. The second kappa shape index (κ2) is 7.26. The van der Waals surface area contributed by atoms with Gasteiger partial charge < -0.3 is 34.3 Å². The third-order valence-corrected chi connectivity index (χ3v) is 4.50. The van der Waals surface area contributed by atoms with Crippen LogP contribution in [0.2, 0.25) is 0 Å². The van der Waals surface area contributed by atoms with E-state index >= 15 is 0 Å². The van der Waals surface area contributed by atoms with Gasteiger partial charge in [-0.15, -0.1) is 0 Å². The van der Waals surface area contributed by atoms with Crippen molar-refractivity contribution in [2.75, 3.05) is 6.61 Å². The summed E-state index contributed by atoms with van der Waals surface area (Å²) in [5.74, 6) is 0.643. The molecule has 5 atom stereocenters. The van der Waals surface area contributed by atoms with Crippen molar-refractivity contribution in [1.82, 2.24) is 4.98 Å². The number of benzene rings is 2. The van der Waals surface area contributed by atoms with Gasteiger partial charge in [0.25, 0.3) is 0 Å². The number of aliphatic hydroxyl groups excluding tert-OH is 4. The van der Waals surface area contributed by atoms with Crippen molar-refractivity contribution in [3.05, 3.63) is 48.5 Å². The Kier molecular flexibility index (Phi) is 4.81. The molecule has 27 heavy (non-hydrogen) atoms. The van der Waals surface area contributed by atoms with E-state index in [-0.39, 0.29) is 0 Å². The highest BCUT2D eigenvalue weighted by atomic mass is 16.7. The zero-order valence-corrected chi connectivity index (χ0v) is 14.2. The van der Waals surface area contributed by atoms with Gasteiger partial charge in [-0.3, -0.25) is 0 Å². The number of ether oxygens (including phenoxy) is 2. The zero-order valence-electron chi connectivity index (χ0n) is 14.2. The van der Waals surface area contributed by atoms with Gasteiger partial charge in [-0.25, -0.2) is 4.98 Å². The molecule has 2 aromatic carbocycles. The fraction of sp³-hybridized carbons (Fsp3) is 0.316. The molecule has 0 aliphatic carbocycles. The lowest BCUT2D eigenvalue weighted by atomic mass is 9.99. The van der Waals surface area contributed by atoms with Gasteiger partial charge in [0.1, 0.15) is 35.7 Å². The molecule has 8 nitrogen and oxygen atoms in total. The average molecular weight is 373 g/mol. The van der Waals surface area contributed by atoms with Crippen LogP contribution in [-0.4, -0.2) is 62.7 Å². The van der Waals surface area contributed by atoms with E-state index in [9.17, 15) is 20.4 Å². The van der Waals surface area contributed by atoms with Crippen molar-refractivity contribution >= 4 is 11.1 Å². The topological polar surface area (TPSA) is 125 Å². The molecule has 2 heterocycles. The van der Waals surface area contributed by atoms with E-state index in [1.807, 2.05) is 18.2 Å². The van der Waals surface area contributed by atoms with E-state index in [0.717, 1.165) is 0 Å². The van der Waals surface area contributed by atoms with Gasteiger partial charge in [0.05, 0.1) is 12.2 Å². The maximum atomic E-state index is 10.2. The van der Waals surface area contributed by atoms with Crippen LogP contribution in [0.1, 0.15) is 0 Å². The Morgan fingerprint density at radius 2 is 1.67 bits per heavy atom. The number of aromatic nitrogens is 1. The van der Waals surface area contributed by atoms with Crippen molar-refractivity contribution in [3.63, 3.8) is 0 Å². The summed E-state index contributed by atoms with van der Waals surface area (Å²) in [5.41, 5.74) is 1.84. The van der Waals surface area contributed by atoms with Crippen LogP contribution in [0.15, 0.2) is 52.9 Å². The van der Waals surface area contributed by atoms with E-state index in [2.05, 4.69) is 4.98 Å². The van der Waals surface area contributed by atoms with E-state index in [1.54, 1.807) is 30.3 Å². The number of hydrogen-bond acceptors (Lipinski definition) is 8. The number of oxazole rings is 1. The number of rotatable bonds is 4. The lowest BCUT2D eigenvalue weighted by Crippen LogP contribution is -2.60. The standard InChI is InChI=1S/C19H19NO7/c21-9-14-15(22)16(23)17(24)19(27-14)26-12-7-3-1-5-10(12)18-20-11-6-2-4-8-13(11)25-18/h1-8,14-17,19,21-24H,9H2. The second-order valence-corrected chi connectivity index (χ2v) is 6.30. The highest BCUT2D eigenvalue weighted by Gasteiger charge is 2.44. The van der Waals surface area contributed by atoms with Crippen LogP contribution in [0, 0.1) is 0 Å². The first-order valence-corrected chi connectivity index (χ1v) is 8.50. The molecule has 4 N–H and O–H groups in total. The molecule has 1 saturated heterocycles. The summed E-state index contributed by atoms with van der Waals surface area (Å²) in [6.45, 7) is -0.530. The van der Waals surface area contributed by atoms with Crippen LogP contribution in [0.3, 0.4) is 0 Å². The second-order valence-electron chi connectivity index (χ2n) is 6.30. The first-order valence-electron chi connectivity index (χ1n) is 8.50. The Balaban J connectivity index is 1.65. The number of fused-ring (bicyclic) bond motifs is 1. The number of hydrogen-bond donors (Lipinski definition) is 4. The van der Waals surface area contributed by atoms with Crippen molar-refractivity contribution in [3.8, 4) is 17.2 Å². The van der Waals surface area contributed by atoms with Crippen LogP contribution in [-0.2, 0) is 4.74 Å². The molecule has 1 fully saturated rings. The van der Waals surface area contributed by atoms with Crippen LogP contribution in [0.25, 0.3) is 22.6 Å². The molecule has 5 unspecified atom stereocenters. The number of para-hydroxylation sites is 3. The molecule has 8 heteroatoms. The van der Waals surface area contributed by atoms with Gasteiger partial charge >= 0.3 is 0 Å². The third kappa shape index (κ3) is 3.29. The van der Waals surface area contributed by atoms with Crippen LogP contribution in [0.5, 0.6) is 5.75 Å². The Bertz CT molecular complexity index is 892. The molecule has 0 saturated carbocycles. The predicted octanol–water partition coefficient (Wildman–Crippen LogP) is 0.673. The fourth-order valence-corrected chi connectivity index (χ4v) is 3.02. The van der Waals surface area contributed by atoms with Gasteiger partial charge in [0.15, 0.2) is 5.58 Å². The molecule has 4 rings (SSSR count). The molecule has 0 radical (unpaired) electrons. The summed E-state index contributed by atoms with van der Waals surface area (Å²) in [7, 11) is 0. The highest BCUT2D eigenvalue weighted by molar-refractivity contribution is 5.77. The van der Waals surface area contributed by atoms with E-state index < -0.39 is 37.3 Å². The molecule has 1 aliphatic rings. The van der Waals surface area contributed by atoms with E-state index in [4.69, 9.17) is 13.9 Å². The minimum absolute atomic E-state index is 0.313. The van der Waals surface area contributed by atoms with Gasteiger partial charge in [0, 0.05) is 0 Å². The largest absolute Gasteiger partial charge is 0.461 e. The molecule has 142 valence electrons. The minimum Gasteiger partial charge on any atom is -0.461 e. The first kappa shape index (κ1) is 17.9. The van der Waals surface area contributed by atoms with E-state index in [1.165, 1.54) is 0 Å². The van der Waals surface area contributed by atoms with Crippen molar-refractivity contribution < 1.29 is 34.3 Å². The Morgan fingerprint density at radius 3 is 2.44 bits per heavy atom. The highest BCUT2D eigenvalue weighted by Crippen LogP contribution is 2.34. The Morgan fingerprint density at radius 1 is 0.926 bits per heavy atom. The van der Waals surface area contributed by atoms with E-state index in [0.29, 0.717) is 28.3 Å². The third-order valence-electron chi connectivity index (χ3n) is 4.50. The lowest BCUT2D eigenvalue weighted by molar-refractivity contribution is -0.277. The molecular weight excluding hydrogens is 354 g/mol. The minimum atomic E-state index is -1.52. The molecule has 1 aromatic heterocycles. The van der Waals surface area contributed by atoms with Gasteiger partial charge in [0.2, 0.25) is 12.2 Å². The molecular formula is C19H19NO7. The number of aliphatic hydroxyl groups is 4. The first-order chi connectivity index (χ1) is 13.1. The monoisotopic (exact) mass is 373 g/mol. The summed E-state index contributed by atoms with van der Waals surface area (Å²) >= 11 is 0. The average Bonchev–Trinajstić information content (AvgIpc) is 3.13. The van der Waals surface area contributed by atoms with Crippen LogP contribution >= 0.6 is 0 Å². The van der Waals surface area contributed by atoms with Crippen molar-refractivity contribution in [1.29, 1.82) is 0 Å². The normalized spacial score (nSPS) is 28.4. The molecule has 0 amide bonds. The van der Waals surface area contributed by atoms with Gasteiger partial charge in [-0.1, -0.05) is 24.3 Å². The molecule has 3 aromatic rings. The fourth-order valence-electron chi connectivity index (χ4n) is 3.02. The Labute approximate surface area is 154 Å². The summed E-state index contributed by atoms with van der Waals surface area (Å²) in [6.07, 6.45) is -6.80. The summed E-state index contributed by atoms with van der Waals surface area (Å²) in [5, 5.41) is 39.3. The molecule has 1 aliphatic heterocycles. The van der Waals surface area contributed by atoms with Gasteiger partial charge in [-0.2, -0.15) is 0 Å². The molecule has 0 spiro atoms. The van der Waals surface area contributed by atoms with Gasteiger partial charge in [-0.05, 0) is 24.3 Å². The lowest BCUT2D eigenvalue weighted by Gasteiger charge is -2.39. The van der Waals surface area contributed by atoms with Crippen LogP contribution in [0.4, 0.5) is 0 Å². The predicted molar refractivity (Wildman–Crippen MR) is 93.8 cm³/mol. The van der Waals surface area contributed by atoms with Crippen molar-refractivity contribution in [2.45, 2.75) is 30.7 Å². The zero-order chi connectivity index (χ0) is 19.0. The summed E-state index contributed by atoms with van der Waals surface area (Å²) in [6, 6.07) is 14.2. The van der Waals surface area contributed by atoms with Crippen LogP contribution < -0.4 is 4.74 Å². The molecule has 0 bridgehead atoms. The Hall–Kier alpha value is -2.49. The summed E-state index contributed by atoms with van der Waals surface area (Å²) < 4.78 is 16.9. The quantitative estimate of drug-likeness (QED) is 0.526. The summed E-state index contributed by atoms with van der Waals surface area (Å²) in [4.78, 5) is 4.43. The smallest absolute Gasteiger partial charge is 0.231 e. The van der Waals surface area contributed by atoms with Crippen molar-refractivity contribution in [2.24, 2.45) is 0 Å². The number of nitrogens with zero attached hydrogens (tertiary/aromatic N) is 1. The SMILES string of the molecule is OCC1OC(Oc2ccccc2-c2nc3ccccc3o2)C(O)C(O)C1O. The maximum absolute atomic E-state index is 10.2.